The molecule has 1 N–H and O–H groups in total. The van der Waals surface area contributed by atoms with Gasteiger partial charge in [0, 0.05) is 17.2 Å². The number of aliphatic hydroxyl groups excluding tert-OH is 1. The van der Waals surface area contributed by atoms with Crippen LogP contribution in [0.3, 0.4) is 0 Å². The highest BCUT2D eigenvalue weighted by Crippen LogP contribution is 2.21. The van der Waals surface area contributed by atoms with Crippen molar-refractivity contribution in [3.05, 3.63) is 47.8 Å². The van der Waals surface area contributed by atoms with Gasteiger partial charge in [0.1, 0.15) is 0 Å². The van der Waals surface area contributed by atoms with Crippen LogP contribution in [0.4, 0.5) is 0 Å². The zero-order valence-corrected chi connectivity index (χ0v) is 7.78. The van der Waals surface area contributed by atoms with E-state index in [1.54, 1.807) is 6.92 Å². The predicted octanol–water partition coefficient (Wildman–Crippen LogP) is 1.64. The molecule has 0 saturated heterocycles. The molecule has 72 valence electrons. The number of carbonyl (C=O) groups excluding carboxylic acids is 2. The van der Waals surface area contributed by atoms with Crippen LogP contribution in [-0.4, -0.2) is 16.7 Å². The number of aliphatic hydroxyl groups is 1. The Bertz CT molecular complexity index is 395. The first-order valence-corrected chi connectivity index (χ1v) is 4.11. The monoisotopic (exact) mass is 190 g/mol. The number of hydrogen-bond donors (Lipinski definition) is 1. The fourth-order valence-corrected chi connectivity index (χ4v) is 1.24. The first-order chi connectivity index (χ1) is 6.61. The Morgan fingerprint density at radius 1 is 1.36 bits per heavy atom. The van der Waals surface area contributed by atoms with Gasteiger partial charge in [0.25, 0.3) is 0 Å². The number of allylic oxidation sites excluding steroid dienone is 6. The molecule has 0 atom stereocenters. The van der Waals surface area contributed by atoms with Crippen LogP contribution in [0.1, 0.15) is 6.92 Å². The molecular formula is C11H10O3. The van der Waals surface area contributed by atoms with Crippen molar-refractivity contribution in [2.45, 2.75) is 6.92 Å². The minimum absolute atomic E-state index is 0.218. The summed E-state index contributed by atoms with van der Waals surface area (Å²) in [4.78, 5) is 22.7. The van der Waals surface area contributed by atoms with Gasteiger partial charge in [-0.2, -0.15) is 0 Å². The van der Waals surface area contributed by atoms with Gasteiger partial charge < -0.3 is 5.11 Å². The molecule has 0 aromatic rings. The smallest absolute Gasteiger partial charge is 0.227 e. The summed E-state index contributed by atoms with van der Waals surface area (Å²) in [5, 5.41) is 9.13. The van der Waals surface area contributed by atoms with E-state index in [0.29, 0.717) is 0 Å². The average Bonchev–Trinajstić information content (AvgIpc) is 2.15. The molecule has 0 fully saturated rings. The van der Waals surface area contributed by atoms with E-state index >= 15 is 0 Å². The summed E-state index contributed by atoms with van der Waals surface area (Å²) in [5.74, 6) is -1.42. The minimum Gasteiger partial charge on any atom is -0.504 e. The van der Waals surface area contributed by atoms with Crippen molar-refractivity contribution in [1.82, 2.24) is 0 Å². The molecule has 0 spiro atoms. The molecule has 3 heteroatoms. The lowest BCUT2D eigenvalue weighted by Crippen LogP contribution is -2.19. The maximum Gasteiger partial charge on any atom is 0.227 e. The van der Waals surface area contributed by atoms with Crippen molar-refractivity contribution >= 4 is 11.6 Å². The molecule has 0 unspecified atom stereocenters. The van der Waals surface area contributed by atoms with Gasteiger partial charge >= 0.3 is 0 Å². The molecule has 14 heavy (non-hydrogen) atoms. The van der Waals surface area contributed by atoms with Crippen LogP contribution in [0.25, 0.3) is 0 Å². The average molecular weight is 190 g/mol. The van der Waals surface area contributed by atoms with E-state index in [1.165, 1.54) is 18.2 Å². The summed E-state index contributed by atoms with van der Waals surface area (Å²) in [6, 6.07) is 0. The first kappa shape index (κ1) is 10.2. The molecule has 0 saturated carbocycles. The summed E-state index contributed by atoms with van der Waals surface area (Å²) in [5.41, 5.74) is 0.486. The number of ketones is 2. The third-order valence-corrected chi connectivity index (χ3v) is 1.87. The third kappa shape index (κ3) is 1.57. The van der Waals surface area contributed by atoms with Gasteiger partial charge in [-0.05, 0) is 6.92 Å². The van der Waals surface area contributed by atoms with Crippen LogP contribution in [0.15, 0.2) is 47.8 Å². The zero-order valence-electron chi connectivity index (χ0n) is 7.78. The van der Waals surface area contributed by atoms with Crippen molar-refractivity contribution in [2.24, 2.45) is 0 Å². The Hall–Kier alpha value is -1.90. The molecule has 0 amide bonds. The summed E-state index contributed by atoms with van der Waals surface area (Å²) in [6.07, 6.45) is 5.31. The van der Waals surface area contributed by atoms with Crippen LogP contribution in [0.2, 0.25) is 0 Å². The predicted molar refractivity (Wildman–Crippen MR) is 52.8 cm³/mol. The molecule has 0 aromatic heterocycles. The lowest BCUT2D eigenvalue weighted by atomic mass is 9.91. The molecule has 0 heterocycles. The number of Topliss-reactive ketones (excluding diaryl/α,β-unsaturated/α-hetero) is 1. The Morgan fingerprint density at radius 3 is 2.50 bits per heavy atom. The van der Waals surface area contributed by atoms with Crippen molar-refractivity contribution < 1.29 is 14.7 Å². The van der Waals surface area contributed by atoms with Crippen LogP contribution < -0.4 is 0 Å². The highest BCUT2D eigenvalue weighted by molar-refractivity contribution is 6.26. The fraction of sp³-hybridized carbons (Fsp3) is 0.0909. The SMILES string of the molecule is C=C/C=C1/C(=O)C=C(O)C(=O)/C1=C/C. The van der Waals surface area contributed by atoms with Crippen molar-refractivity contribution in [3.8, 4) is 0 Å². The Labute approximate surface area is 81.7 Å². The molecule has 1 aliphatic rings. The van der Waals surface area contributed by atoms with Crippen LogP contribution in [-0.2, 0) is 9.59 Å². The number of carbonyl (C=O) groups is 2. The quantitative estimate of drug-likeness (QED) is 0.639. The van der Waals surface area contributed by atoms with Crippen molar-refractivity contribution in [2.75, 3.05) is 0 Å². The van der Waals surface area contributed by atoms with Crippen LogP contribution in [0.5, 0.6) is 0 Å². The molecule has 1 rings (SSSR count). The maximum absolute atomic E-state index is 11.4. The van der Waals surface area contributed by atoms with Gasteiger partial charge in [0.15, 0.2) is 11.5 Å². The normalized spacial score (nSPS) is 22.8. The van der Waals surface area contributed by atoms with E-state index in [-0.39, 0.29) is 16.9 Å². The van der Waals surface area contributed by atoms with Gasteiger partial charge in [0.2, 0.25) is 5.78 Å². The third-order valence-electron chi connectivity index (χ3n) is 1.87. The lowest BCUT2D eigenvalue weighted by molar-refractivity contribution is -0.117. The molecule has 3 nitrogen and oxygen atoms in total. The van der Waals surface area contributed by atoms with Crippen molar-refractivity contribution in [1.29, 1.82) is 0 Å². The maximum atomic E-state index is 11.4. The molecular weight excluding hydrogens is 180 g/mol. The molecule has 0 radical (unpaired) electrons. The summed E-state index contributed by atoms with van der Waals surface area (Å²) < 4.78 is 0. The number of rotatable bonds is 1. The van der Waals surface area contributed by atoms with E-state index in [2.05, 4.69) is 6.58 Å². The number of hydrogen-bond acceptors (Lipinski definition) is 3. The van der Waals surface area contributed by atoms with Crippen LogP contribution >= 0.6 is 0 Å². The van der Waals surface area contributed by atoms with E-state index in [4.69, 9.17) is 5.11 Å². The zero-order chi connectivity index (χ0) is 10.7. The Morgan fingerprint density at radius 2 is 2.00 bits per heavy atom. The molecule has 0 bridgehead atoms. The molecule has 0 aliphatic heterocycles. The van der Waals surface area contributed by atoms with Gasteiger partial charge in [0.05, 0.1) is 0 Å². The fourth-order valence-electron chi connectivity index (χ4n) is 1.24. The summed E-state index contributed by atoms with van der Waals surface area (Å²) >= 11 is 0. The minimum atomic E-state index is -0.528. The van der Waals surface area contributed by atoms with Gasteiger partial charge in [-0.1, -0.05) is 24.8 Å². The lowest BCUT2D eigenvalue weighted by Gasteiger charge is -2.12. The molecule has 0 aromatic carbocycles. The van der Waals surface area contributed by atoms with E-state index in [0.717, 1.165) is 6.08 Å². The highest BCUT2D eigenvalue weighted by atomic mass is 16.3. The second-order valence-electron chi connectivity index (χ2n) is 2.74. The van der Waals surface area contributed by atoms with Gasteiger partial charge in [-0.15, -0.1) is 0 Å². The Balaban J connectivity index is 3.35. The standard InChI is InChI=1S/C11H10O3/c1-3-5-8-7(4-2)11(14)10(13)6-9(8)12/h3-6,13H,1H2,2H3/b7-4+,8-5+. The summed E-state index contributed by atoms with van der Waals surface area (Å²) in [6.45, 7) is 5.09. The summed E-state index contributed by atoms with van der Waals surface area (Å²) in [7, 11) is 0. The van der Waals surface area contributed by atoms with E-state index < -0.39 is 11.5 Å². The largest absolute Gasteiger partial charge is 0.504 e. The van der Waals surface area contributed by atoms with E-state index in [1.807, 2.05) is 0 Å². The van der Waals surface area contributed by atoms with Gasteiger partial charge in [-0.3, -0.25) is 9.59 Å². The first-order valence-electron chi connectivity index (χ1n) is 4.11. The topological polar surface area (TPSA) is 54.4 Å². The highest BCUT2D eigenvalue weighted by Gasteiger charge is 2.26. The Kier molecular flexibility index (Phi) is 2.82. The van der Waals surface area contributed by atoms with Crippen LogP contribution in [0, 0.1) is 0 Å². The van der Waals surface area contributed by atoms with Gasteiger partial charge in [-0.25, -0.2) is 0 Å². The second-order valence-corrected chi connectivity index (χ2v) is 2.74. The van der Waals surface area contributed by atoms with Crippen molar-refractivity contribution in [3.63, 3.8) is 0 Å². The van der Waals surface area contributed by atoms with E-state index in [9.17, 15) is 9.59 Å². The molecule has 1 aliphatic carbocycles. The second kappa shape index (κ2) is 3.87.